The number of carbonyl (C=O) groups is 1. The van der Waals surface area contributed by atoms with Crippen molar-refractivity contribution in [2.75, 3.05) is 43.4 Å². The molecule has 1 aromatic carbocycles. The summed E-state index contributed by atoms with van der Waals surface area (Å²) in [6.07, 6.45) is 3.71. The van der Waals surface area contributed by atoms with E-state index >= 15 is 0 Å². The Morgan fingerprint density at radius 3 is 2.65 bits per heavy atom. The van der Waals surface area contributed by atoms with Crippen LogP contribution >= 0.6 is 0 Å². The van der Waals surface area contributed by atoms with Crippen LogP contribution in [0.25, 0.3) is 22.2 Å². The summed E-state index contributed by atoms with van der Waals surface area (Å²) in [7, 11) is 2.15. The normalized spacial score (nSPS) is 16.1. The minimum Gasteiger partial charge on any atom is -0.368 e. The van der Waals surface area contributed by atoms with E-state index in [1.165, 1.54) is 0 Å². The third-order valence-electron chi connectivity index (χ3n) is 6.80. The number of hydrogen-bond acceptors (Lipinski definition) is 6. The Kier molecular flexibility index (Phi) is 4.95. The smallest absolute Gasteiger partial charge is 0.254 e. The summed E-state index contributed by atoms with van der Waals surface area (Å²) >= 11 is 0. The number of hydrogen-bond donors (Lipinski definition) is 3. The van der Waals surface area contributed by atoms with Crippen LogP contribution in [0.3, 0.4) is 0 Å². The average Bonchev–Trinajstić information content (AvgIpc) is 3.43. The first kappa shape index (κ1) is 20.7. The molecule has 4 aromatic rings. The lowest BCUT2D eigenvalue weighted by Crippen LogP contribution is -2.44. The van der Waals surface area contributed by atoms with Crippen molar-refractivity contribution in [3.63, 3.8) is 0 Å². The quantitative estimate of drug-likeness (QED) is 0.437. The zero-order valence-electron chi connectivity index (χ0n) is 19.4. The molecule has 0 aliphatic carbocycles. The summed E-state index contributed by atoms with van der Waals surface area (Å²) in [5.74, 6) is 0.657. The maximum absolute atomic E-state index is 12.8. The zero-order valence-corrected chi connectivity index (χ0v) is 19.4. The predicted octanol–water partition coefficient (Wildman–Crippen LogP) is 3.67. The number of aromatic amines is 1. The molecule has 3 N–H and O–H groups in total. The molecule has 172 valence electrons. The van der Waals surface area contributed by atoms with E-state index in [2.05, 4.69) is 60.6 Å². The molecule has 0 unspecified atom stereocenters. The van der Waals surface area contributed by atoms with E-state index in [1.54, 1.807) is 0 Å². The van der Waals surface area contributed by atoms with Crippen LogP contribution in [0, 0.1) is 6.92 Å². The Bertz CT molecular complexity index is 1380. The van der Waals surface area contributed by atoms with Crippen molar-refractivity contribution < 1.29 is 4.79 Å². The Morgan fingerprint density at radius 2 is 1.85 bits per heavy atom. The molecule has 5 heterocycles. The third kappa shape index (κ3) is 3.56. The van der Waals surface area contributed by atoms with Crippen LogP contribution in [0.2, 0.25) is 0 Å². The molecule has 8 heteroatoms. The highest BCUT2D eigenvalue weighted by Crippen LogP contribution is 2.37. The van der Waals surface area contributed by atoms with Gasteiger partial charge in [-0.3, -0.25) is 4.79 Å². The summed E-state index contributed by atoms with van der Waals surface area (Å²) in [5.41, 5.74) is 7.60. The standard InChI is InChI=1S/C26H27N7O/c1-16-13-20-19(7-8-27-25(20)30-16)18-4-5-22(24-21(18)15-29-26(24)34)31-23-6-3-17(14-28-23)33-11-9-32(2)10-12-33/h3-8,13-14H,9-12,15H2,1-2H3,(H,27,30)(H,28,31)(H,29,34). The minimum atomic E-state index is -0.0658. The highest BCUT2D eigenvalue weighted by atomic mass is 16.1. The van der Waals surface area contributed by atoms with Crippen LogP contribution in [0.4, 0.5) is 17.2 Å². The van der Waals surface area contributed by atoms with Gasteiger partial charge in [-0.1, -0.05) is 6.07 Å². The number of anilines is 3. The number of pyridine rings is 2. The molecule has 6 rings (SSSR count). The van der Waals surface area contributed by atoms with Crippen LogP contribution in [0.5, 0.6) is 0 Å². The highest BCUT2D eigenvalue weighted by molar-refractivity contribution is 6.07. The van der Waals surface area contributed by atoms with Crippen LogP contribution in [-0.4, -0.2) is 59.0 Å². The first-order chi connectivity index (χ1) is 16.6. The number of amides is 1. The van der Waals surface area contributed by atoms with Crippen molar-refractivity contribution in [2.24, 2.45) is 0 Å². The first-order valence-electron chi connectivity index (χ1n) is 11.6. The summed E-state index contributed by atoms with van der Waals surface area (Å²) in [6.45, 7) is 6.64. The number of carbonyl (C=O) groups excluding carboxylic acids is 1. The summed E-state index contributed by atoms with van der Waals surface area (Å²) in [4.78, 5) is 29.9. The van der Waals surface area contributed by atoms with Gasteiger partial charge in [-0.25, -0.2) is 9.97 Å². The fourth-order valence-electron chi connectivity index (χ4n) is 4.95. The zero-order chi connectivity index (χ0) is 23.2. The minimum absolute atomic E-state index is 0.0658. The average molecular weight is 454 g/mol. The third-order valence-corrected chi connectivity index (χ3v) is 6.80. The van der Waals surface area contributed by atoms with Crippen molar-refractivity contribution in [3.8, 4) is 11.1 Å². The van der Waals surface area contributed by atoms with E-state index in [1.807, 2.05) is 37.5 Å². The molecule has 0 bridgehead atoms. The molecular formula is C26H27N7O. The van der Waals surface area contributed by atoms with E-state index < -0.39 is 0 Å². The maximum Gasteiger partial charge on any atom is 0.254 e. The fourth-order valence-corrected chi connectivity index (χ4v) is 4.95. The molecule has 0 spiro atoms. The monoisotopic (exact) mass is 453 g/mol. The van der Waals surface area contributed by atoms with Crippen molar-refractivity contribution in [1.82, 2.24) is 25.2 Å². The van der Waals surface area contributed by atoms with E-state index in [0.29, 0.717) is 12.1 Å². The molecule has 0 radical (unpaired) electrons. The lowest BCUT2D eigenvalue weighted by Gasteiger charge is -2.33. The Hall–Kier alpha value is -3.91. The number of nitrogens with one attached hydrogen (secondary N) is 3. The molecule has 2 aliphatic rings. The Morgan fingerprint density at radius 1 is 1.00 bits per heavy atom. The van der Waals surface area contributed by atoms with Gasteiger partial charge >= 0.3 is 0 Å². The number of likely N-dealkylation sites (N-methyl/N-ethyl adjacent to an activating group) is 1. The van der Waals surface area contributed by atoms with Crippen LogP contribution < -0.4 is 15.5 Å². The number of nitrogens with zero attached hydrogens (tertiary/aromatic N) is 4. The fraction of sp³-hybridized carbons (Fsp3) is 0.269. The topological polar surface area (TPSA) is 89.2 Å². The molecule has 3 aromatic heterocycles. The van der Waals surface area contributed by atoms with E-state index in [-0.39, 0.29) is 5.91 Å². The highest BCUT2D eigenvalue weighted by Gasteiger charge is 2.27. The Labute approximate surface area is 198 Å². The van der Waals surface area contributed by atoms with Crippen molar-refractivity contribution in [1.29, 1.82) is 0 Å². The summed E-state index contributed by atoms with van der Waals surface area (Å²) < 4.78 is 0. The first-order valence-corrected chi connectivity index (χ1v) is 11.6. The molecule has 1 fully saturated rings. The second-order valence-electron chi connectivity index (χ2n) is 9.09. The number of rotatable bonds is 4. The predicted molar refractivity (Wildman–Crippen MR) is 135 cm³/mol. The Balaban J connectivity index is 1.32. The van der Waals surface area contributed by atoms with Gasteiger partial charge in [0.1, 0.15) is 11.5 Å². The van der Waals surface area contributed by atoms with Gasteiger partial charge in [-0.2, -0.15) is 0 Å². The van der Waals surface area contributed by atoms with Gasteiger partial charge in [0.15, 0.2) is 0 Å². The number of benzene rings is 1. The number of H-pyrrole nitrogens is 1. The second kappa shape index (κ2) is 8.14. The van der Waals surface area contributed by atoms with Gasteiger partial charge in [0.2, 0.25) is 0 Å². The molecule has 1 amide bonds. The van der Waals surface area contributed by atoms with E-state index in [4.69, 9.17) is 0 Å². The molecule has 2 aliphatic heterocycles. The van der Waals surface area contributed by atoms with Gasteiger partial charge in [-0.05, 0) is 61.0 Å². The molecular weight excluding hydrogens is 426 g/mol. The van der Waals surface area contributed by atoms with E-state index in [0.717, 1.165) is 76.8 Å². The number of aryl methyl sites for hydroxylation is 1. The second-order valence-corrected chi connectivity index (χ2v) is 9.09. The van der Waals surface area contributed by atoms with Gasteiger partial charge in [0.05, 0.1) is 23.1 Å². The van der Waals surface area contributed by atoms with Crippen molar-refractivity contribution in [2.45, 2.75) is 13.5 Å². The number of aromatic nitrogens is 3. The largest absolute Gasteiger partial charge is 0.368 e. The van der Waals surface area contributed by atoms with Gasteiger partial charge in [0.25, 0.3) is 5.91 Å². The van der Waals surface area contributed by atoms with Crippen molar-refractivity contribution >= 4 is 34.1 Å². The summed E-state index contributed by atoms with van der Waals surface area (Å²) in [5, 5.41) is 7.43. The molecule has 8 nitrogen and oxygen atoms in total. The lowest BCUT2D eigenvalue weighted by molar-refractivity contribution is 0.0966. The SMILES string of the molecule is Cc1cc2c(-c3ccc(Nc4ccc(N5CCN(C)CC5)cn4)c4c3CNC4=O)ccnc2[nH]1. The maximum atomic E-state index is 12.8. The van der Waals surface area contributed by atoms with Crippen LogP contribution in [0.1, 0.15) is 21.6 Å². The molecule has 0 saturated carbocycles. The molecule has 0 atom stereocenters. The number of piperazine rings is 1. The van der Waals surface area contributed by atoms with E-state index in [9.17, 15) is 4.79 Å². The van der Waals surface area contributed by atoms with Crippen LogP contribution in [0.15, 0.2) is 48.8 Å². The lowest BCUT2D eigenvalue weighted by atomic mass is 9.94. The molecule has 34 heavy (non-hydrogen) atoms. The number of fused-ring (bicyclic) bond motifs is 2. The van der Waals surface area contributed by atoms with Gasteiger partial charge < -0.3 is 25.4 Å². The van der Waals surface area contributed by atoms with Crippen LogP contribution in [-0.2, 0) is 6.54 Å². The molecule has 1 saturated heterocycles. The van der Waals surface area contributed by atoms with Gasteiger partial charge in [0, 0.05) is 50.0 Å². The van der Waals surface area contributed by atoms with Gasteiger partial charge in [-0.15, -0.1) is 0 Å². The van der Waals surface area contributed by atoms with Crippen molar-refractivity contribution in [3.05, 3.63) is 65.6 Å². The summed E-state index contributed by atoms with van der Waals surface area (Å²) in [6, 6.07) is 12.2.